The molecule has 0 aromatic heterocycles. The predicted molar refractivity (Wildman–Crippen MR) is 35.0 cm³/mol. The molecule has 0 spiro atoms. The average Bonchev–Trinajstić information content (AvgIpc) is 1.83. The molecule has 0 radical (unpaired) electrons. The first-order valence-corrected chi connectivity index (χ1v) is 3.16. The molecule has 0 bridgehead atoms. The zero-order valence-electron chi connectivity index (χ0n) is 5.35. The second kappa shape index (κ2) is 5.35. The molecule has 0 aliphatic rings. The van der Waals surface area contributed by atoms with Gasteiger partial charge in [-0.1, -0.05) is 0 Å². The van der Waals surface area contributed by atoms with Crippen LogP contribution >= 0.6 is 11.6 Å². The van der Waals surface area contributed by atoms with Crippen molar-refractivity contribution in [2.24, 2.45) is 0 Å². The number of hydroxylamine groups is 2. The van der Waals surface area contributed by atoms with E-state index in [-0.39, 0.29) is 0 Å². The van der Waals surface area contributed by atoms with Crippen LogP contribution in [0.5, 0.6) is 0 Å². The Bertz CT molecular complexity index is 51.7. The highest BCUT2D eigenvalue weighted by Crippen LogP contribution is 1.88. The van der Waals surface area contributed by atoms with Gasteiger partial charge >= 0.3 is 0 Å². The lowest BCUT2D eigenvalue weighted by molar-refractivity contribution is -0.108. The second-order valence-corrected chi connectivity index (χ2v) is 1.95. The van der Waals surface area contributed by atoms with Crippen LogP contribution in [0.15, 0.2) is 0 Å². The molecule has 0 heterocycles. The molecule has 0 saturated carbocycles. The van der Waals surface area contributed by atoms with Gasteiger partial charge in [0.1, 0.15) is 0 Å². The third kappa shape index (κ3) is 4.37. The molecule has 0 rings (SSSR count). The molecule has 0 aromatic rings. The second-order valence-electron chi connectivity index (χ2n) is 1.58. The fourth-order valence-electron chi connectivity index (χ4n) is 0.374. The fourth-order valence-corrected chi connectivity index (χ4v) is 0.493. The summed E-state index contributed by atoms with van der Waals surface area (Å²) in [7, 11) is 3.53. The summed E-state index contributed by atoms with van der Waals surface area (Å²) in [5.41, 5.74) is 0. The van der Waals surface area contributed by atoms with Gasteiger partial charge in [0.15, 0.2) is 0 Å². The summed E-state index contributed by atoms with van der Waals surface area (Å²) >= 11 is 5.42. The van der Waals surface area contributed by atoms with Crippen molar-refractivity contribution in [1.29, 1.82) is 0 Å². The van der Waals surface area contributed by atoms with E-state index in [0.717, 1.165) is 13.0 Å². The summed E-state index contributed by atoms with van der Waals surface area (Å²) in [6.45, 7) is 0.903. The maximum atomic E-state index is 5.42. The normalized spacial score (nSPS) is 10.5. The van der Waals surface area contributed by atoms with Crippen LogP contribution in [0.3, 0.4) is 0 Å². The third-order valence-corrected chi connectivity index (χ3v) is 1.19. The topological polar surface area (TPSA) is 12.5 Å². The first-order valence-electron chi connectivity index (χ1n) is 2.62. The minimum absolute atomic E-state index is 0.702. The van der Waals surface area contributed by atoms with E-state index in [4.69, 9.17) is 16.4 Å². The molecule has 50 valence electrons. The van der Waals surface area contributed by atoms with Crippen molar-refractivity contribution in [3.63, 3.8) is 0 Å². The van der Waals surface area contributed by atoms with Crippen LogP contribution in [0.2, 0.25) is 0 Å². The van der Waals surface area contributed by atoms with Gasteiger partial charge in [0, 0.05) is 19.5 Å². The molecular weight excluding hydrogens is 126 g/mol. The lowest BCUT2D eigenvalue weighted by Gasteiger charge is -2.10. The molecule has 0 atom stereocenters. The zero-order valence-corrected chi connectivity index (χ0v) is 6.11. The molecule has 0 aromatic carbocycles. The average molecular weight is 138 g/mol. The standard InChI is InChI=1S/C5H12ClNO/c1-7(8-2)5-3-4-6/h3-5H2,1-2H3. The Morgan fingerprint density at radius 3 is 2.62 bits per heavy atom. The smallest absolute Gasteiger partial charge is 0.0575 e. The molecule has 0 amide bonds. The van der Waals surface area contributed by atoms with Gasteiger partial charge in [-0.15, -0.1) is 11.6 Å². The number of hydrogen-bond donors (Lipinski definition) is 0. The molecule has 0 aliphatic carbocycles. The molecule has 0 aliphatic heterocycles. The lowest BCUT2D eigenvalue weighted by atomic mass is 10.5. The van der Waals surface area contributed by atoms with Gasteiger partial charge in [0.25, 0.3) is 0 Å². The van der Waals surface area contributed by atoms with Gasteiger partial charge in [-0.2, -0.15) is 5.06 Å². The molecule has 2 nitrogen and oxygen atoms in total. The van der Waals surface area contributed by atoms with E-state index in [1.54, 1.807) is 12.2 Å². The van der Waals surface area contributed by atoms with Gasteiger partial charge in [0.05, 0.1) is 7.11 Å². The van der Waals surface area contributed by atoms with E-state index in [9.17, 15) is 0 Å². The van der Waals surface area contributed by atoms with E-state index in [1.807, 2.05) is 7.05 Å². The van der Waals surface area contributed by atoms with Gasteiger partial charge < -0.3 is 4.84 Å². The first kappa shape index (κ1) is 8.21. The Labute approximate surface area is 55.3 Å². The molecule has 0 saturated heterocycles. The quantitative estimate of drug-likeness (QED) is 0.425. The van der Waals surface area contributed by atoms with E-state index >= 15 is 0 Å². The highest BCUT2D eigenvalue weighted by atomic mass is 35.5. The van der Waals surface area contributed by atoms with Crippen molar-refractivity contribution < 1.29 is 4.84 Å². The van der Waals surface area contributed by atoms with E-state index in [0.29, 0.717) is 5.88 Å². The maximum absolute atomic E-state index is 5.42. The van der Waals surface area contributed by atoms with Crippen molar-refractivity contribution >= 4 is 11.6 Å². The Morgan fingerprint density at radius 2 is 2.25 bits per heavy atom. The summed E-state index contributed by atoms with van der Waals surface area (Å²) in [5, 5.41) is 1.75. The largest absolute Gasteiger partial charge is 0.303 e. The maximum Gasteiger partial charge on any atom is 0.0575 e. The molecule has 0 N–H and O–H groups in total. The first-order chi connectivity index (χ1) is 3.81. The van der Waals surface area contributed by atoms with Crippen LogP contribution in [-0.2, 0) is 4.84 Å². The Hall–Kier alpha value is 0.210. The summed E-state index contributed by atoms with van der Waals surface area (Å²) in [4.78, 5) is 4.83. The highest BCUT2D eigenvalue weighted by molar-refractivity contribution is 6.17. The molecular formula is C5H12ClNO. The summed E-state index contributed by atoms with van der Waals surface area (Å²) in [6, 6.07) is 0. The summed E-state index contributed by atoms with van der Waals surface area (Å²) in [6.07, 6.45) is 0.978. The predicted octanol–water partition coefficient (Wildman–Crippen LogP) is 1.11. The van der Waals surface area contributed by atoms with E-state index in [1.165, 1.54) is 0 Å². The van der Waals surface area contributed by atoms with Crippen LogP contribution in [-0.4, -0.2) is 31.6 Å². The van der Waals surface area contributed by atoms with Crippen molar-refractivity contribution in [1.82, 2.24) is 5.06 Å². The van der Waals surface area contributed by atoms with E-state index in [2.05, 4.69) is 0 Å². The minimum Gasteiger partial charge on any atom is -0.303 e. The van der Waals surface area contributed by atoms with Crippen LogP contribution in [0, 0.1) is 0 Å². The van der Waals surface area contributed by atoms with Crippen molar-refractivity contribution in [2.45, 2.75) is 6.42 Å². The number of hydrogen-bond acceptors (Lipinski definition) is 2. The molecule has 3 heteroatoms. The fraction of sp³-hybridized carbons (Fsp3) is 1.00. The van der Waals surface area contributed by atoms with Gasteiger partial charge in [-0.25, -0.2) is 0 Å². The zero-order chi connectivity index (χ0) is 6.41. The van der Waals surface area contributed by atoms with Crippen LogP contribution in [0.4, 0.5) is 0 Å². The summed E-state index contributed by atoms with van der Waals surface area (Å²) < 4.78 is 0. The van der Waals surface area contributed by atoms with Crippen LogP contribution in [0.25, 0.3) is 0 Å². The SMILES string of the molecule is CON(C)CCCCl. The molecule has 0 fully saturated rings. The third-order valence-electron chi connectivity index (χ3n) is 0.918. The Morgan fingerprint density at radius 1 is 1.62 bits per heavy atom. The number of nitrogens with zero attached hydrogens (tertiary/aromatic N) is 1. The Kier molecular flexibility index (Phi) is 5.49. The summed E-state index contributed by atoms with van der Waals surface area (Å²) in [5.74, 6) is 0.702. The monoisotopic (exact) mass is 137 g/mol. The highest BCUT2D eigenvalue weighted by Gasteiger charge is 1.90. The minimum atomic E-state index is 0.702. The van der Waals surface area contributed by atoms with Crippen LogP contribution in [0.1, 0.15) is 6.42 Å². The van der Waals surface area contributed by atoms with Gasteiger partial charge in [-0.05, 0) is 6.42 Å². The van der Waals surface area contributed by atoms with Gasteiger partial charge in [-0.3, -0.25) is 0 Å². The molecule has 0 unspecified atom stereocenters. The van der Waals surface area contributed by atoms with Crippen molar-refractivity contribution in [2.75, 3.05) is 26.6 Å². The number of halogens is 1. The van der Waals surface area contributed by atoms with Crippen molar-refractivity contribution in [3.8, 4) is 0 Å². The lowest BCUT2D eigenvalue weighted by Crippen LogP contribution is -2.17. The number of rotatable bonds is 4. The van der Waals surface area contributed by atoms with E-state index < -0.39 is 0 Å². The van der Waals surface area contributed by atoms with Crippen LogP contribution < -0.4 is 0 Å². The van der Waals surface area contributed by atoms with Gasteiger partial charge in [0.2, 0.25) is 0 Å². The van der Waals surface area contributed by atoms with Crippen molar-refractivity contribution in [3.05, 3.63) is 0 Å². The number of alkyl halides is 1. The Balaban J connectivity index is 2.86. The molecule has 8 heavy (non-hydrogen) atoms.